The predicted octanol–water partition coefficient (Wildman–Crippen LogP) is 3.21. The third-order valence-corrected chi connectivity index (χ3v) is 3.50. The molecule has 0 spiro atoms. The Morgan fingerprint density at radius 2 is 1.08 bits per heavy atom. The first kappa shape index (κ1) is 15.4. The summed E-state index contributed by atoms with van der Waals surface area (Å²) in [6.45, 7) is 0. The van der Waals surface area contributed by atoms with Gasteiger partial charge in [-0.3, -0.25) is 9.97 Å². The van der Waals surface area contributed by atoms with Crippen molar-refractivity contribution in [2.24, 2.45) is 0 Å². The van der Waals surface area contributed by atoms with Crippen LogP contribution in [0.4, 0.5) is 0 Å². The topological polar surface area (TPSA) is 100 Å². The summed E-state index contributed by atoms with van der Waals surface area (Å²) in [5, 5.41) is 17.9. The number of hydrogen-bond acceptors (Lipinski definition) is 4. The molecule has 24 heavy (non-hydrogen) atoms. The molecule has 0 aliphatic carbocycles. The van der Waals surface area contributed by atoms with E-state index in [9.17, 15) is 9.59 Å². The Balaban J connectivity index is 2.04. The van der Waals surface area contributed by atoms with Crippen LogP contribution in [-0.2, 0) is 0 Å². The van der Waals surface area contributed by atoms with Gasteiger partial charge in [0.25, 0.3) is 0 Å². The van der Waals surface area contributed by atoms with Crippen molar-refractivity contribution in [2.75, 3.05) is 0 Å². The molecule has 0 saturated carbocycles. The summed E-state index contributed by atoms with van der Waals surface area (Å²) >= 11 is 0. The van der Waals surface area contributed by atoms with Crippen molar-refractivity contribution in [1.82, 2.24) is 9.97 Å². The smallest absolute Gasteiger partial charge is 0.337 e. The van der Waals surface area contributed by atoms with Crippen LogP contribution in [0, 0.1) is 0 Å². The molecule has 0 radical (unpaired) electrons. The third kappa shape index (κ3) is 2.98. The van der Waals surface area contributed by atoms with Crippen molar-refractivity contribution in [1.29, 1.82) is 0 Å². The Hall–Kier alpha value is -3.54. The van der Waals surface area contributed by atoms with Crippen LogP contribution in [0.25, 0.3) is 22.5 Å². The predicted molar refractivity (Wildman–Crippen MR) is 86.8 cm³/mol. The van der Waals surface area contributed by atoms with Gasteiger partial charge in [-0.1, -0.05) is 24.3 Å². The molecular formula is C18H12N2O4. The maximum atomic E-state index is 10.9. The minimum atomic E-state index is -1.03. The Kier molecular flexibility index (Phi) is 4.03. The highest BCUT2D eigenvalue weighted by molar-refractivity contribution is 5.89. The number of carboxylic acids is 2. The van der Waals surface area contributed by atoms with Crippen LogP contribution >= 0.6 is 0 Å². The summed E-state index contributed by atoms with van der Waals surface area (Å²) in [4.78, 5) is 30.3. The number of nitrogens with zero attached hydrogens (tertiary/aromatic N) is 2. The van der Waals surface area contributed by atoms with Crippen molar-refractivity contribution in [2.45, 2.75) is 0 Å². The van der Waals surface area contributed by atoms with E-state index in [2.05, 4.69) is 9.97 Å². The average molecular weight is 320 g/mol. The second kappa shape index (κ2) is 6.29. The van der Waals surface area contributed by atoms with E-state index in [4.69, 9.17) is 10.2 Å². The van der Waals surface area contributed by atoms with Crippen molar-refractivity contribution in [3.8, 4) is 22.5 Å². The number of rotatable bonds is 4. The summed E-state index contributed by atoms with van der Waals surface area (Å²) in [6.07, 6.45) is 2.60. The van der Waals surface area contributed by atoms with Crippen LogP contribution in [-0.4, -0.2) is 32.1 Å². The Morgan fingerprint density at radius 3 is 1.38 bits per heavy atom. The first-order chi connectivity index (χ1) is 11.6. The van der Waals surface area contributed by atoms with Crippen LogP contribution in [0.3, 0.4) is 0 Å². The lowest BCUT2D eigenvalue weighted by Gasteiger charge is -2.09. The van der Waals surface area contributed by atoms with Crippen molar-refractivity contribution in [3.63, 3.8) is 0 Å². The van der Waals surface area contributed by atoms with Crippen molar-refractivity contribution >= 4 is 11.9 Å². The van der Waals surface area contributed by atoms with Gasteiger partial charge in [-0.2, -0.15) is 0 Å². The van der Waals surface area contributed by atoms with E-state index in [1.165, 1.54) is 24.5 Å². The number of carbonyl (C=O) groups is 2. The van der Waals surface area contributed by atoms with Gasteiger partial charge in [0.2, 0.25) is 0 Å². The van der Waals surface area contributed by atoms with Gasteiger partial charge in [-0.05, 0) is 24.3 Å². The van der Waals surface area contributed by atoms with Crippen LogP contribution in [0.2, 0.25) is 0 Å². The number of hydrogen-bond donors (Lipinski definition) is 2. The number of aromatic carboxylic acids is 2. The summed E-state index contributed by atoms with van der Waals surface area (Å²) in [5.74, 6) is -2.07. The van der Waals surface area contributed by atoms with E-state index in [0.29, 0.717) is 11.4 Å². The van der Waals surface area contributed by atoms with Gasteiger partial charge in [-0.25, -0.2) is 9.59 Å². The second-order valence-corrected chi connectivity index (χ2v) is 5.02. The highest BCUT2D eigenvalue weighted by atomic mass is 16.4. The monoisotopic (exact) mass is 320 g/mol. The van der Waals surface area contributed by atoms with Crippen LogP contribution in [0.1, 0.15) is 20.7 Å². The number of benzene rings is 1. The fourth-order valence-electron chi connectivity index (χ4n) is 2.29. The van der Waals surface area contributed by atoms with E-state index in [1.807, 2.05) is 24.3 Å². The standard InChI is InChI=1S/C18H12N2O4/c21-17(22)11-5-7-15(19-9-11)13-3-1-2-4-14(13)16-8-6-12(10-20-16)18(23)24/h1-10H,(H,21,22)(H,23,24). The minimum absolute atomic E-state index is 0.111. The maximum Gasteiger partial charge on any atom is 0.337 e. The quantitative estimate of drug-likeness (QED) is 0.765. The zero-order valence-electron chi connectivity index (χ0n) is 12.4. The zero-order chi connectivity index (χ0) is 17.1. The molecule has 0 aliphatic rings. The molecule has 0 fully saturated rings. The van der Waals surface area contributed by atoms with Gasteiger partial charge in [0.05, 0.1) is 22.5 Å². The second-order valence-electron chi connectivity index (χ2n) is 5.02. The molecule has 118 valence electrons. The highest BCUT2D eigenvalue weighted by Gasteiger charge is 2.11. The van der Waals surface area contributed by atoms with Crippen LogP contribution < -0.4 is 0 Å². The van der Waals surface area contributed by atoms with Crippen LogP contribution in [0.15, 0.2) is 60.9 Å². The molecule has 0 aliphatic heterocycles. The third-order valence-electron chi connectivity index (χ3n) is 3.50. The van der Waals surface area contributed by atoms with Gasteiger partial charge in [0.1, 0.15) is 0 Å². The fraction of sp³-hybridized carbons (Fsp3) is 0. The molecule has 6 nitrogen and oxygen atoms in total. The Bertz CT molecular complexity index is 827. The van der Waals surface area contributed by atoms with E-state index in [-0.39, 0.29) is 11.1 Å². The molecule has 3 aromatic rings. The minimum Gasteiger partial charge on any atom is -0.478 e. The van der Waals surface area contributed by atoms with E-state index in [1.54, 1.807) is 12.1 Å². The largest absolute Gasteiger partial charge is 0.478 e. The normalized spacial score (nSPS) is 10.3. The lowest BCUT2D eigenvalue weighted by Crippen LogP contribution is -1.99. The van der Waals surface area contributed by atoms with E-state index >= 15 is 0 Å². The SMILES string of the molecule is O=C(O)c1ccc(-c2ccccc2-c2ccc(C(=O)O)cn2)nc1. The Morgan fingerprint density at radius 1 is 0.667 bits per heavy atom. The van der Waals surface area contributed by atoms with Gasteiger partial charge in [0.15, 0.2) is 0 Å². The zero-order valence-corrected chi connectivity index (χ0v) is 12.4. The van der Waals surface area contributed by atoms with Crippen molar-refractivity contribution < 1.29 is 19.8 Å². The van der Waals surface area contributed by atoms with Gasteiger partial charge in [-0.15, -0.1) is 0 Å². The fourth-order valence-corrected chi connectivity index (χ4v) is 2.29. The molecule has 0 bridgehead atoms. The molecule has 0 atom stereocenters. The molecule has 6 heteroatoms. The maximum absolute atomic E-state index is 10.9. The van der Waals surface area contributed by atoms with Crippen LogP contribution in [0.5, 0.6) is 0 Å². The van der Waals surface area contributed by atoms with Crippen molar-refractivity contribution in [3.05, 3.63) is 72.1 Å². The molecular weight excluding hydrogens is 308 g/mol. The molecule has 3 rings (SSSR count). The number of aromatic nitrogens is 2. The Labute approximate surface area is 137 Å². The average Bonchev–Trinajstić information content (AvgIpc) is 2.62. The van der Waals surface area contributed by atoms with E-state index < -0.39 is 11.9 Å². The molecule has 0 unspecified atom stereocenters. The summed E-state index contributed by atoms with van der Waals surface area (Å²) < 4.78 is 0. The van der Waals surface area contributed by atoms with E-state index in [0.717, 1.165) is 11.1 Å². The first-order valence-electron chi connectivity index (χ1n) is 7.05. The van der Waals surface area contributed by atoms with Gasteiger partial charge in [0, 0.05) is 23.5 Å². The highest BCUT2D eigenvalue weighted by Crippen LogP contribution is 2.29. The summed E-state index contributed by atoms with van der Waals surface area (Å²) in [7, 11) is 0. The molecule has 0 saturated heterocycles. The molecule has 1 aromatic carbocycles. The van der Waals surface area contributed by atoms with Gasteiger partial charge >= 0.3 is 11.9 Å². The summed E-state index contributed by atoms with van der Waals surface area (Å²) in [5.41, 5.74) is 3.01. The summed E-state index contributed by atoms with van der Waals surface area (Å²) in [6, 6.07) is 13.6. The number of pyridine rings is 2. The lowest BCUT2D eigenvalue weighted by atomic mass is 10.00. The first-order valence-corrected chi connectivity index (χ1v) is 7.05. The molecule has 2 heterocycles. The van der Waals surface area contributed by atoms with Gasteiger partial charge < -0.3 is 10.2 Å². The molecule has 2 N–H and O–H groups in total. The molecule has 0 amide bonds. The lowest BCUT2D eigenvalue weighted by molar-refractivity contribution is 0.0685. The molecule has 2 aromatic heterocycles. The number of carboxylic acid groups (broad SMARTS) is 2.